The van der Waals surface area contributed by atoms with Crippen LogP contribution in [0.5, 0.6) is 0 Å². The maximum absolute atomic E-state index is 10.9. The molecule has 6 heteroatoms. The number of thiazole rings is 1. The van der Waals surface area contributed by atoms with Gasteiger partial charge in [-0.1, -0.05) is 11.6 Å². The highest BCUT2D eigenvalue weighted by Gasteiger charge is 2.24. The molecular formula is C10H9ClN2O2S. The molecule has 0 N–H and O–H groups in total. The molecule has 0 unspecified atom stereocenters. The van der Waals surface area contributed by atoms with E-state index in [-0.39, 0.29) is 10.7 Å². The quantitative estimate of drug-likeness (QED) is 0.576. The predicted molar refractivity (Wildman–Crippen MR) is 65.5 cm³/mol. The molecule has 0 fully saturated rings. The molecule has 0 bridgehead atoms. The van der Waals surface area contributed by atoms with E-state index in [0.29, 0.717) is 11.1 Å². The predicted octanol–water partition coefficient (Wildman–Crippen LogP) is 3.78. The number of hydrogen-bond acceptors (Lipinski definition) is 4. The molecule has 0 aliphatic heterocycles. The second-order valence-corrected chi connectivity index (χ2v) is 5.16. The summed E-state index contributed by atoms with van der Waals surface area (Å²) in [4.78, 5) is 14.8. The minimum atomic E-state index is -0.446. The van der Waals surface area contributed by atoms with Gasteiger partial charge in [-0.2, -0.15) is 0 Å². The molecular weight excluding hydrogens is 248 g/mol. The number of rotatable bonds is 1. The Morgan fingerprint density at radius 1 is 1.31 bits per heavy atom. The van der Waals surface area contributed by atoms with Crippen molar-refractivity contribution in [3.63, 3.8) is 0 Å². The summed E-state index contributed by atoms with van der Waals surface area (Å²) in [6.45, 7) is 5.35. The Hall–Kier alpha value is -1.20. The summed E-state index contributed by atoms with van der Waals surface area (Å²) in [5.41, 5.74) is 1.94. The molecule has 2 aromatic rings. The molecule has 1 heterocycles. The van der Waals surface area contributed by atoms with Crippen molar-refractivity contribution in [1.29, 1.82) is 0 Å². The number of hydrogen-bond donors (Lipinski definition) is 0. The van der Waals surface area contributed by atoms with Gasteiger partial charge in [0.15, 0.2) is 0 Å². The van der Waals surface area contributed by atoms with E-state index in [1.165, 1.54) is 11.3 Å². The first-order chi connectivity index (χ1) is 7.43. The van der Waals surface area contributed by atoms with Gasteiger partial charge in [0.25, 0.3) is 5.69 Å². The van der Waals surface area contributed by atoms with Crippen LogP contribution in [0.3, 0.4) is 0 Å². The van der Waals surface area contributed by atoms with Gasteiger partial charge in [0.2, 0.25) is 0 Å². The van der Waals surface area contributed by atoms with Crippen LogP contribution >= 0.6 is 22.9 Å². The van der Waals surface area contributed by atoms with Crippen molar-refractivity contribution in [3.05, 3.63) is 31.3 Å². The Balaban J connectivity index is 2.99. The molecule has 0 saturated carbocycles. The minimum absolute atomic E-state index is 0.0306. The first-order valence-corrected chi connectivity index (χ1v) is 5.83. The Labute approximate surface area is 101 Å². The summed E-state index contributed by atoms with van der Waals surface area (Å²) < 4.78 is 0.936. The average molecular weight is 257 g/mol. The van der Waals surface area contributed by atoms with Gasteiger partial charge in [-0.05, 0) is 26.3 Å². The molecule has 2 rings (SSSR count). The highest BCUT2D eigenvalue weighted by molar-refractivity contribution is 7.18. The first-order valence-electron chi connectivity index (χ1n) is 4.63. The van der Waals surface area contributed by atoms with Crippen molar-refractivity contribution in [3.8, 4) is 0 Å². The van der Waals surface area contributed by atoms with Gasteiger partial charge < -0.3 is 0 Å². The van der Waals surface area contributed by atoms with Crippen LogP contribution in [0.1, 0.15) is 16.1 Å². The molecule has 0 saturated heterocycles. The molecule has 16 heavy (non-hydrogen) atoms. The fourth-order valence-corrected chi connectivity index (χ4v) is 3.05. The smallest absolute Gasteiger partial charge is 0.258 e. The summed E-state index contributed by atoms with van der Waals surface area (Å²) >= 11 is 7.53. The summed E-state index contributed by atoms with van der Waals surface area (Å²) in [6.07, 6.45) is 0. The summed E-state index contributed by atoms with van der Waals surface area (Å²) in [6, 6.07) is 0. The van der Waals surface area contributed by atoms with Crippen LogP contribution in [0.2, 0.25) is 5.02 Å². The van der Waals surface area contributed by atoms with Gasteiger partial charge in [-0.3, -0.25) is 10.1 Å². The van der Waals surface area contributed by atoms with Crippen LogP contribution < -0.4 is 0 Å². The van der Waals surface area contributed by atoms with E-state index in [1.807, 2.05) is 6.92 Å². The van der Waals surface area contributed by atoms with Gasteiger partial charge in [0.1, 0.15) is 5.02 Å². The maximum atomic E-state index is 10.9. The Bertz CT molecular complexity index is 607. The van der Waals surface area contributed by atoms with Crippen molar-refractivity contribution >= 4 is 38.8 Å². The number of nitrogens with zero attached hydrogens (tertiary/aromatic N) is 2. The lowest BCUT2D eigenvalue weighted by atomic mass is 10.1. The fourth-order valence-electron chi connectivity index (χ4n) is 1.71. The second-order valence-electron chi connectivity index (χ2n) is 3.58. The fraction of sp³-hybridized carbons (Fsp3) is 0.300. The monoisotopic (exact) mass is 256 g/mol. The number of aromatic nitrogens is 1. The molecule has 0 radical (unpaired) electrons. The number of benzene rings is 1. The van der Waals surface area contributed by atoms with Gasteiger partial charge >= 0.3 is 0 Å². The summed E-state index contributed by atoms with van der Waals surface area (Å²) in [5, 5.41) is 12.0. The molecule has 0 aliphatic carbocycles. The topological polar surface area (TPSA) is 56.0 Å². The van der Waals surface area contributed by atoms with Crippen LogP contribution in [0.25, 0.3) is 10.2 Å². The third-order valence-electron chi connectivity index (χ3n) is 2.50. The van der Waals surface area contributed by atoms with Gasteiger partial charge in [0.05, 0.1) is 25.7 Å². The first kappa shape index (κ1) is 11.3. The van der Waals surface area contributed by atoms with Gasteiger partial charge in [-0.15, -0.1) is 11.3 Å². The van der Waals surface area contributed by atoms with Crippen molar-refractivity contribution < 1.29 is 4.92 Å². The van der Waals surface area contributed by atoms with E-state index >= 15 is 0 Å². The maximum Gasteiger partial charge on any atom is 0.293 e. The molecule has 0 atom stereocenters. The highest BCUT2D eigenvalue weighted by atomic mass is 35.5. The van der Waals surface area contributed by atoms with Crippen LogP contribution in [0.15, 0.2) is 0 Å². The number of nitro benzene ring substituents is 1. The molecule has 0 amide bonds. The Morgan fingerprint density at radius 3 is 2.50 bits per heavy atom. The minimum Gasteiger partial charge on any atom is -0.258 e. The number of nitro groups is 1. The van der Waals surface area contributed by atoms with E-state index in [4.69, 9.17) is 11.6 Å². The summed E-state index contributed by atoms with van der Waals surface area (Å²) in [7, 11) is 0. The van der Waals surface area contributed by atoms with E-state index in [0.717, 1.165) is 15.3 Å². The number of halogens is 1. The van der Waals surface area contributed by atoms with Crippen molar-refractivity contribution in [2.75, 3.05) is 0 Å². The summed E-state index contributed by atoms with van der Waals surface area (Å²) in [5.74, 6) is 0. The zero-order valence-corrected chi connectivity index (χ0v) is 10.6. The zero-order chi connectivity index (χ0) is 12.0. The second kappa shape index (κ2) is 3.68. The molecule has 1 aromatic carbocycles. The van der Waals surface area contributed by atoms with Gasteiger partial charge in [0, 0.05) is 0 Å². The van der Waals surface area contributed by atoms with E-state index in [1.54, 1.807) is 13.8 Å². The largest absolute Gasteiger partial charge is 0.293 e. The molecule has 0 spiro atoms. The Kier molecular flexibility index (Phi) is 2.59. The SMILES string of the molecule is Cc1nc2c(C)c([N+](=O)[O-])c(Cl)c(C)c2s1. The number of fused-ring (bicyclic) bond motifs is 1. The van der Waals surface area contributed by atoms with Crippen LogP contribution in [-0.2, 0) is 0 Å². The van der Waals surface area contributed by atoms with E-state index in [9.17, 15) is 10.1 Å². The lowest BCUT2D eigenvalue weighted by Crippen LogP contribution is -1.95. The van der Waals surface area contributed by atoms with Crippen molar-refractivity contribution in [1.82, 2.24) is 4.98 Å². The van der Waals surface area contributed by atoms with Gasteiger partial charge in [-0.25, -0.2) is 4.98 Å². The van der Waals surface area contributed by atoms with E-state index < -0.39 is 4.92 Å². The molecule has 1 aromatic heterocycles. The third-order valence-corrected chi connectivity index (χ3v) is 4.06. The molecule has 84 valence electrons. The lowest BCUT2D eigenvalue weighted by molar-refractivity contribution is -0.385. The van der Waals surface area contributed by atoms with Crippen LogP contribution in [-0.4, -0.2) is 9.91 Å². The van der Waals surface area contributed by atoms with Crippen LogP contribution in [0.4, 0.5) is 5.69 Å². The van der Waals surface area contributed by atoms with Crippen molar-refractivity contribution in [2.45, 2.75) is 20.8 Å². The van der Waals surface area contributed by atoms with Crippen LogP contribution in [0, 0.1) is 30.9 Å². The third kappa shape index (κ3) is 1.47. The highest BCUT2D eigenvalue weighted by Crippen LogP contribution is 2.40. The average Bonchev–Trinajstić information content (AvgIpc) is 2.57. The zero-order valence-electron chi connectivity index (χ0n) is 9.00. The molecule has 4 nitrogen and oxygen atoms in total. The molecule has 0 aliphatic rings. The van der Waals surface area contributed by atoms with E-state index in [2.05, 4.69) is 4.98 Å². The Morgan fingerprint density at radius 2 is 1.94 bits per heavy atom. The number of aryl methyl sites for hydroxylation is 3. The van der Waals surface area contributed by atoms with Crippen molar-refractivity contribution in [2.24, 2.45) is 0 Å². The normalized spacial score (nSPS) is 11.0. The lowest BCUT2D eigenvalue weighted by Gasteiger charge is -2.04. The standard InChI is InChI=1S/C10H9ClN2O2S/c1-4-7(11)9(13(14)15)5(2)8-10(4)16-6(3)12-8/h1-3H3.